The van der Waals surface area contributed by atoms with Crippen LogP contribution in [0.1, 0.15) is 15.9 Å². The summed E-state index contributed by atoms with van der Waals surface area (Å²) in [6.45, 7) is 0.417. The number of para-hydroxylation sites is 1. The van der Waals surface area contributed by atoms with Crippen molar-refractivity contribution in [3.8, 4) is 5.75 Å². The van der Waals surface area contributed by atoms with Gasteiger partial charge in [0, 0.05) is 30.9 Å². The van der Waals surface area contributed by atoms with Crippen molar-refractivity contribution in [1.82, 2.24) is 10.3 Å². The van der Waals surface area contributed by atoms with Crippen LogP contribution in [0.4, 0.5) is 5.82 Å². The second-order valence-electron chi connectivity index (χ2n) is 4.17. The Balaban J connectivity index is 2.04. The average molecular weight is 271 g/mol. The zero-order valence-electron chi connectivity index (χ0n) is 11.5. The van der Waals surface area contributed by atoms with Crippen molar-refractivity contribution in [3.63, 3.8) is 0 Å². The number of nitrogens with one attached hydrogen (secondary N) is 2. The highest BCUT2D eigenvalue weighted by Crippen LogP contribution is 2.17. The van der Waals surface area contributed by atoms with Crippen LogP contribution in [-0.4, -0.2) is 25.0 Å². The van der Waals surface area contributed by atoms with E-state index in [0.717, 1.165) is 11.3 Å². The van der Waals surface area contributed by atoms with Crippen molar-refractivity contribution in [1.29, 1.82) is 0 Å². The summed E-state index contributed by atoms with van der Waals surface area (Å²) in [6, 6.07) is 11.0. The molecule has 0 bridgehead atoms. The SMILES string of the molecule is CNc1cc(C(=O)NCc2ccccc2OC)ccn1. The van der Waals surface area contributed by atoms with Gasteiger partial charge < -0.3 is 15.4 Å². The number of benzene rings is 1. The van der Waals surface area contributed by atoms with E-state index in [1.54, 1.807) is 32.5 Å². The summed E-state index contributed by atoms with van der Waals surface area (Å²) in [7, 11) is 3.38. The van der Waals surface area contributed by atoms with Crippen LogP contribution in [0.15, 0.2) is 42.6 Å². The predicted molar refractivity (Wildman–Crippen MR) is 77.9 cm³/mol. The van der Waals surface area contributed by atoms with E-state index in [2.05, 4.69) is 15.6 Å². The first-order valence-electron chi connectivity index (χ1n) is 6.28. The molecule has 0 atom stereocenters. The number of amides is 1. The maximum Gasteiger partial charge on any atom is 0.251 e. The van der Waals surface area contributed by atoms with Crippen LogP contribution in [0.5, 0.6) is 5.75 Å². The molecule has 1 aromatic heterocycles. The van der Waals surface area contributed by atoms with E-state index in [9.17, 15) is 4.79 Å². The zero-order chi connectivity index (χ0) is 14.4. The fraction of sp³-hybridized carbons (Fsp3) is 0.200. The molecule has 5 nitrogen and oxygen atoms in total. The minimum absolute atomic E-state index is 0.144. The van der Waals surface area contributed by atoms with Gasteiger partial charge >= 0.3 is 0 Å². The second kappa shape index (κ2) is 6.56. The lowest BCUT2D eigenvalue weighted by atomic mass is 10.2. The minimum Gasteiger partial charge on any atom is -0.496 e. The van der Waals surface area contributed by atoms with Crippen molar-refractivity contribution >= 4 is 11.7 Å². The fourth-order valence-corrected chi connectivity index (χ4v) is 1.84. The molecule has 2 rings (SSSR count). The minimum atomic E-state index is -0.144. The van der Waals surface area contributed by atoms with Crippen molar-refractivity contribution in [2.45, 2.75) is 6.54 Å². The van der Waals surface area contributed by atoms with Crippen LogP contribution in [-0.2, 0) is 6.54 Å². The van der Waals surface area contributed by atoms with E-state index < -0.39 is 0 Å². The number of carbonyl (C=O) groups is 1. The summed E-state index contributed by atoms with van der Waals surface area (Å²) < 4.78 is 5.25. The summed E-state index contributed by atoms with van der Waals surface area (Å²) in [5.74, 6) is 1.28. The number of aromatic nitrogens is 1. The molecule has 0 fully saturated rings. The van der Waals surface area contributed by atoms with Crippen LogP contribution < -0.4 is 15.4 Å². The Hall–Kier alpha value is -2.56. The normalized spacial score (nSPS) is 9.90. The fourth-order valence-electron chi connectivity index (χ4n) is 1.84. The summed E-state index contributed by atoms with van der Waals surface area (Å²) >= 11 is 0. The molecule has 0 saturated carbocycles. The first-order chi connectivity index (χ1) is 9.74. The Labute approximate surface area is 118 Å². The van der Waals surface area contributed by atoms with Gasteiger partial charge in [-0.2, -0.15) is 0 Å². The molecule has 1 amide bonds. The average Bonchev–Trinajstić information content (AvgIpc) is 2.52. The highest BCUT2D eigenvalue weighted by Gasteiger charge is 2.08. The number of carbonyl (C=O) groups excluding carboxylic acids is 1. The van der Waals surface area contributed by atoms with Gasteiger partial charge in [0.15, 0.2) is 0 Å². The van der Waals surface area contributed by atoms with Crippen LogP contribution in [0.2, 0.25) is 0 Å². The number of hydrogen-bond donors (Lipinski definition) is 2. The lowest BCUT2D eigenvalue weighted by Crippen LogP contribution is -2.23. The first-order valence-corrected chi connectivity index (χ1v) is 6.28. The zero-order valence-corrected chi connectivity index (χ0v) is 11.5. The van der Waals surface area contributed by atoms with Gasteiger partial charge in [-0.1, -0.05) is 18.2 Å². The van der Waals surface area contributed by atoms with Gasteiger partial charge in [-0.15, -0.1) is 0 Å². The van der Waals surface area contributed by atoms with Crippen LogP contribution in [0.25, 0.3) is 0 Å². The molecule has 0 aliphatic rings. The van der Waals surface area contributed by atoms with Crippen molar-refractivity contribution in [3.05, 3.63) is 53.7 Å². The second-order valence-corrected chi connectivity index (χ2v) is 4.17. The van der Waals surface area contributed by atoms with E-state index in [1.165, 1.54) is 0 Å². The highest BCUT2D eigenvalue weighted by atomic mass is 16.5. The van der Waals surface area contributed by atoms with Crippen LogP contribution in [0, 0.1) is 0 Å². The third-order valence-electron chi connectivity index (χ3n) is 2.91. The quantitative estimate of drug-likeness (QED) is 0.873. The lowest BCUT2D eigenvalue weighted by molar-refractivity contribution is 0.0950. The van der Waals surface area contributed by atoms with E-state index in [1.807, 2.05) is 24.3 Å². The molecule has 0 aliphatic carbocycles. The van der Waals surface area contributed by atoms with Crippen molar-refractivity contribution in [2.75, 3.05) is 19.5 Å². The molecule has 20 heavy (non-hydrogen) atoms. The van der Waals surface area contributed by atoms with E-state index >= 15 is 0 Å². The molecular formula is C15H17N3O2. The third-order valence-corrected chi connectivity index (χ3v) is 2.91. The van der Waals surface area contributed by atoms with Crippen molar-refractivity contribution < 1.29 is 9.53 Å². The Morgan fingerprint density at radius 2 is 2.10 bits per heavy atom. The molecule has 0 spiro atoms. The van der Waals surface area contributed by atoms with Crippen LogP contribution >= 0.6 is 0 Å². The molecule has 0 radical (unpaired) electrons. The Morgan fingerprint density at radius 1 is 1.30 bits per heavy atom. The summed E-state index contributed by atoms with van der Waals surface area (Å²) in [5.41, 5.74) is 1.51. The van der Waals surface area contributed by atoms with Gasteiger partial charge in [0.1, 0.15) is 11.6 Å². The van der Waals surface area contributed by atoms with E-state index in [-0.39, 0.29) is 5.91 Å². The maximum absolute atomic E-state index is 12.1. The van der Waals surface area contributed by atoms with Gasteiger partial charge in [-0.05, 0) is 18.2 Å². The molecule has 1 heterocycles. The van der Waals surface area contributed by atoms with Gasteiger partial charge in [-0.3, -0.25) is 4.79 Å². The maximum atomic E-state index is 12.1. The molecule has 104 valence electrons. The standard InChI is InChI=1S/C15H17N3O2/c1-16-14-9-11(7-8-17-14)15(19)18-10-12-5-3-4-6-13(12)20-2/h3-9H,10H2,1-2H3,(H,16,17)(H,18,19). The summed E-state index contributed by atoms with van der Waals surface area (Å²) in [4.78, 5) is 16.2. The third kappa shape index (κ3) is 3.26. The highest BCUT2D eigenvalue weighted by molar-refractivity contribution is 5.94. The topological polar surface area (TPSA) is 63.2 Å². The Bertz CT molecular complexity index is 599. The summed E-state index contributed by atoms with van der Waals surface area (Å²) in [5, 5.41) is 5.77. The largest absolute Gasteiger partial charge is 0.496 e. The smallest absolute Gasteiger partial charge is 0.251 e. The van der Waals surface area contributed by atoms with Crippen molar-refractivity contribution in [2.24, 2.45) is 0 Å². The van der Waals surface area contributed by atoms with E-state index in [4.69, 9.17) is 4.74 Å². The summed E-state index contributed by atoms with van der Waals surface area (Å²) in [6.07, 6.45) is 1.60. The molecule has 0 unspecified atom stereocenters. The number of hydrogen-bond acceptors (Lipinski definition) is 4. The first kappa shape index (κ1) is 13.9. The Morgan fingerprint density at radius 3 is 2.85 bits per heavy atom. The molecule has 2 N–H and O–H groups in total. The van der Waals surface area contributed by atoms with Gasteiger partial charge in [0.25, 0.3) is 5.91 Å². The number of methoxy groups -OCH3 is 1. The molecule has 0 aliphatic heterocycles. The molecule has 1 aromatic carbocycles. The van der Waals surface area contributed by atoms with E-state index in [0.29, 0.717) is 17.9 Å². The molecule has 5 heteroatoms. The van der Waals surface area contributed by atoms with Crippen LogP contribution in [0.3, 0.4) is 0 Å². The molecule has 2 aromatic rings. The number of pyridine rings is 1. The predicted octanol–water partition coefficient (Wildman–Crippen LogP) is 2.06. The lowest BCUT2D eigenvalue weighted by Gasteiger charge is -2.10. The van der Waals surface area contributed by atoms with Gasteiger partial charge in [-0.25, -0.2) is 4.98 Å². The number of anilines is 1. The monoisotopic (exact) mass is 271 g/mol. The molecule has 0 saturated heterocycles. The number of nitrogens with zero attached hydrogens (tertiary/aromatic N) is 1. The van der Waals surface area contributed by atoms with Gasteiger partial charge in [0.05, 0.1) is 7.11 Å². The Kier molecular flexibility index (Phi) is 4.55. The number of ether oxygens (including phenoxy) is 1. The molecular weight excluding hydrogens is 254 g/mol. The van der Waals surface area contributed by atoms with Gasteiger partial charge in [0.2, 0.25) is 0 Å². The number of rotatable bonds is 5.